The summed E-state index contributed by atoms with van der Waals surface area (Å²) in [6.45, 7) is 0. The van der Waals surface area contributed by atoms with Gasteiger partial charge in [0.25, 0.3) is 0 Å². The number of aromatic nitrogens is 1. The van der Waals surface area contributed by atoms with Crippen LogP contribution in [0.25, 0.3) is 11.3 Å². The number of sulfone groups is 1. The van der Waals surface area contributed by atoms with Crippen LogP contribution in [0.15, 0.2) is 35.1 Å². The Bertz CT molecular complexity index is 950. The number of benzene rings is 1. The third kappa shape index (κ3) is 4.23. The van der Waals surface area contributed by atoms with Crippen LogP contribution in [-0.2, 0) is 14.6 Å². The second-order valence-electron chi connectivity index (χ2n) is 5.77. The lowest BCUT2D eigenvalue weighted by atomic mass is 10.1. The quantitative estimate of drug-likeness (QED) is 0.809. The van der Waals surface area contributed by atoms with Crippen molar-refractivity contribution in [1.29, 1.82) is 0 Å². The fourth-order valence-corrected chi connectivity index (χ4v) is 4.77. The van der Waals surface area contributed by atoms with Gasteiger partial charge in [0.1, 0.15) is 11.5 Å². The fourth-order valence-electron chi connectivity index (χ4n) is 2.64. The van der Waals surface area contributed by atoms with Crippen molar-refractivity contribution >= 4 is 32.2 Å². The average Bonchev–Trinajstić information content (AvgIpc) is 3.20. The zero-order chi connectivity index (χ0) is 18.7. The number of nitrogens with one attached hydrogen (secondary N) is 1. The highest BCUT2D eigenvalue weighted by Crippen LogP contribution is 2.35. The van der Waals surface area contributed by atoms with Crippen molar-refractivity contribution < 1.29 is 22.7 Å². The number of ether oxygens (including phenoxy) is 2. The monoisotopic (exact) mass is 394 g/mol. The summed E-state index contributed by atoms with van der Waals surface area (Å²) in [6.07, 6.45) is 1.66. The Kier molecular flexibility index (Phi) is 5.28. The first kappa shape index (κ1) is 18.4. The number of allylic oxidation sites excluding steroid dienone is 1. The second kappa shape index (κ2) is 7.46. The Morgan fingerprint density at radius 2 is 2.15 bits per heavy atom. The minimum atomic E-state index is -3.16. The first-order chi connectivity index (χ1) is 12.4. The van der Waals surface area contributed by atoms with E-state index in [-0.39, 0.29) is 24.0 Å². The second-order valence-corrected chi connectivity index (χ2v) is 8.56. The number of carbonyl (C=O) groups excluding carboxylic acids is 1. The third-order valence-corrected chi connectivity index (χ3v) is 6.11. The molecule has 0 bridgehead atoms. The number of amides is 1. The van der Waals surface area contributed by atoms with E-state index >= 15 is 0 Å². The van der Waals surface area contributed by atoms with Gasteiger partial charge in [0.15, 0.2) is 15.0 Å². The molecule has 0 saturated carbocycles. The molecule has 1 aromatic carbocycles. The molecule has 9 heteroatoms. The molecule has 0 saturated heterocycles. The van der Waals surface area contributed by atoms with E-state index in [2.05, 4.69) is 10.3 Å². The van der Waals surface area contributed by atoms with Crippen LogP contribution < -0.4 is 14.8 Å². The number of methoxy groups -OCH3 is 2. The Morgan fingerprint density at radius 3 is 2.81 bits per heavy atom. The van der Waals surface area contributed by atoms with E-state index in [1.54, 1.807) is 32.4 Å². The highest BCUT2D eigenvalue weighted by Gasteiger charge is 2.24. The van der Waals surface area contributed by atoms with Crippen molar-refractivity contribution in [3.63, 3.8) is 0 Å². The summed E-state index contributed by atoms with van der Waals surface area (Å²) < 4.78 is 33.4. The van der Waals surface area contributed by atoms with Crippen LogP contribution in [0.4, 0.5) is 5.13 Å². The summed E-state index contributed by atoms with van der Waals surface area (Å²) in [5.74, 6) is 0.738. The summed E-state index contributed by atoms with van der Waals surface area (Å²) in [5, 5.41) is 6.14. The molecule has 0 spiro atoms. The van der Waals surface area contributed by atoms with Gasteiger partial charge >= 0.3 is 0 Å². The lowest BCUT2D eigenvalue weighted by molar-refractivity contribution is -0.116. The zero-order valence-electron chi connectivity index (χ0n) is 14.3. The molecule has 1 aliphatic heterocycles. The highest BCUT2D eigenvalue weighted by molar-refractivity contribution is 7.94. The van der Waals surface area contributed by atoms with Crippen LogP contribution >= 0.6 is 11.3 Å². The van der Waals surface area contributed by atoms with Crippen molar-refractivity contribution in [2.75, 3.05) is 25.3 Å². The van der Waals surface area contributed by atoms with E-state index in [4.69, 9.17) is 9.47 Å². The molecular formula is C17H18N2O5S2. The maximum absolute atomic E-state index is 12.1. The predicted molar refractivity (Wildman–Crippen MR) is 100 cm³/mol. The minimum absolute atomic E-state index is 0.0233. The van der Waals surface area contributed by atoms with Crippen LogP contribution in [-0.4, -0.2) is 39.3 Å². The molecule has 2 aromatic rings. The van der Waals surface area contributed by atoms with E-state index in [1.807, 2.05) is 11.4 Å². The van der Waals surface area contributed by atoms with Gasteiger partial charge in [-0.1, -0.05) is 6.08 Å². The summed E-state index contributed by atoms with van der Waals surface area (Å²) in [7, 11) is -0.00725. The molecule has 7 nitrogen and oxygen atoms in total. The van der Waals surface area contributed by atoms with E-state index < -0.39 is 9.84 Å². The largest absolute Gasteiger partial charge is 0.497 e. The molecule has 26 heavy (non-hydrogen) atoms. The fraction of sp³-hybridized carbons (Fsp3) is 0.294. The Morgan fingerprint density at radius 1 is 1.35 bits per heavy atom. The summed E-state index contributed by atoms with van der Waals surface area (Å²) in [4.78, 5) is 16.6. The third-order valence-electron chi connectivity index (χ3n) is 3.89. The van der Waals surface area contributed by atoms with Gasteiger partial charge in [-0.15, -0.1) is 11.3 Å². The van der Waals surface area contributed by atoms with Crippen LogP contribution in [0, 0.1) is 5.92 Å². The molecular weight excluding hydrogens is 376 g/mol. The number of nitrogens with zero attached hydrogens (tertiary/aromatic N) is 1. The Labute approximate surface area is 155 Å². The predicted octanol–water partition coefficient (Wildman–Crippen LogP) is 2.71. The Balaban J connectivity index is 1.70. The normalized spacial score (nSPS) is 17.8. The first-order valence-electron chi connectivity index (χ1n) is 7.79. The van der Waals surface area contributed by atoms with Gasteiger partial charge in [0.05, 0.1) is 25.7 Å². The number of carbonyl (C=O) groups is 1. The van der Waals surface area contributed by atoms with Gasteiger partial charge in [0, 0.05) is 28.7 Å². The van der Waals surface area contributed by atoms with E-state index in [0.29, 0.717) is 22.3 Å². The molecule has 1 unspecified atom stereocenters. The van der Waals surface area contributed by atoms with Gasteiger partial charge in [0.2, 0.25) is 5.91 Å². The first-order valence-corrected chi connectivity index (χ1v) is 10.4. The van der Waals surface area contributed by atoms with E-state index in [9.17, 15) is 13.2 Å². The lowest BCUT2D eigenvalue weighted by Gasteiger charge is -2.08. The standard InChI is InChI=1S/C17H18N2O5S2/c1-23-12-3-4-15(24-2)13(8-12)14-9-25-17(18-14)19-16(20)7-11-5-6-26(21,22)10-11/h3-6,8-9,11H,7,10H2,1-2H3,(H,18,19,20). The molecule has 138 valence electrons. The number of hydrogen-bond donors (Lipinski definition) is 1. The summed E-state index contributed by atoms with van der Waals surface area (Å²) in [5.41, 5.74) is 1.41. The molecule has 2 heterocycles. The SMILES string of the molecule is COc1ccc(OC)c(-c2csc(NC(=O)CC3C=CS(=O)(=O)C3)n2)c1. The van der Waals surface area contributed by atoms with E-state index in [1.165, 1.54) is 16.7 Å². The average molecular weight is 394 g/mol. The molecule has 1 aliphatic rings. The summed E-state index contributed by atoms with van der Waals surface area (Å²) >= 11 is 1.29. The van der Waals surface area contributed by atoms with Crippen LogP contribution in [0.2, 0.25) is 0 Å². The smallest absolute Gasteiger partial charge is 0.226 e. The molecule has 0 aliphatic carbocycles. The molecule has 3 rings (SSSR count). The molecule has 1 N–H and O–H groups in total. The molecule has 1 aromatic heterocycles. The number of rotatable bonds is 6. The van der Waals surface area contributed by atoms with Gasteiger partial charge in [-0.2, -0.15) is 0 Å². The van der Waals surface area contributed by atoms with Gasteiger partial charge in [-0.25, -0.2) is 13.4 Å². The zero-order valence-corrected chi connectivity index (χ0v) is 15.9. The highest BCUT2D eigenvalue weighted by atomic mass is 32.2. The Hall–Kier alpha value is -2.39. The molecule has 0 radical (unpaired) electrons. The maximum atomic E-state index is 12.1. The van der Waals surface area contributed by atoms with Crippen LogP contribution in [0.3, 0.4) is 0 Å². The van der Waals surface area contributed by atoms with E-state index in [0.717, 1.165) is 5.56 Å². The topological polar surface area (TPSA) is 94.6 Å². The van der Waals surface area contributed by atoms with Crippen LogP contribution in [0.1, 0.15) is 6.42 Å². The molecule has 1 amide bonds. The van der Waals surface area contributed by atoms with Gasteiger partial charge < -0.3 is 14.8 Å². The minimum Gasteiger partial charge on any atom is -0.497 e. The van der Waals surface area contributed by atoms with Crippen molar-refractivity contribution in [3.8, 4) is 22.8 Å². The number of hydrogen-bond acceptors (Lipinski definition) is 7. The molecule has 0 fully saturated rings. The van der Waals surface area contributed by atoms with Gasteiger partial charge in [-0.05, 0) is 18.2 Å². The van der Waals surface area contributed by atoms with Gasteiger partial charge in [-0.3, -0.25) is 4.79 Å². The van der Waals surface area contributed by atoms with Crippen molar-refractivity contribution in [1.82, 2.24) is 4.98 Å². The van der Waals surface area contributed by atoms with Crippen LogP contribution in [0.5, 0.6) is 11.5 Å². The number of thiazole rings is 1. The summed E-state index contributed by atoms with van der Waals surface area (Å²) in [6, 6.07) is 5.40. The molecule has 1 atom stereocenters. The van der Waals surface area contributed by atoms with Crippen molar-refractivity contribution in [2.24, 2.45) is 5.92 Å². The van der Waals surface area contributed by atoms with Crippen molar-refractivity contribution in [2.45, 2.75) is 6.42 Å². The van der Waals surface area contributed by atoms with Crippen molar-refractivity contribution in [3.05, 3.63) is 35.1 Å². The lowest BCUT2D eigenvalue weighted by Crippen LogP contribution is -2.17. The maximum Gasteiger partial charge on any atom is 0.226 e. The number of anilines is 1.